The molecule has 0 bridgehead atoms. The number of hydrogen-bond donors (Lipinski definition) is 1. The number of aromatic nitrogens is 1. The van der Waals surface area contributed by atoms with Crippen LogP contribution >= 0.6 is 0 Å². The summed E-state index contributed by atoms with van der Waals surface area (Å²) in [5.41, 5.74) is 0.364. The van der Waals surface area contributed by atoms with Crippen molar-refractivity contribution in [3.05, 3.63) is 46.4 Å². The lowest BCUT2D eigenvalue weighted by atomic mass is 9.90. The van der Waals surface area contributed by atoms with Crippen molar-refractivity contribution < 1.29 is 13.9 Å². The number of carbonyl (C=O) groups is 1. The van der Waals surface area contributed by atoms with Crippen molar-refractivity contribution in [1.29, 1.82) is 0 Å². The fourth-order valence-electron chi connectivity index (χ4n) is 3.72. The van der Waals surface area contributed by atoms with Gasteiger partial charge in [0.1, 0.15) is 11.3 Å². The van der Waals surface area contributed by atoms with Crippen molar-refractivity contribution in [2.45, 2.75) is 37.8 Å². The van der Waals surface area contributed by atoms with Crippen molar-refractivity contribution in [2.75, 3.05) is 13.2 Å². The number of ether oxygens (including phenoxy) is 1. The fraction of sp³-hybridized carbons (Fsp3) is 0.444. The van der Waals surface area contributed by atoms with Gasteiger partial charge in [0.15, 0.2) is 0 Å². The smallest absolute Gasteiger partial charge is 0.261 e. The molecule has 2 fully saturated rings. The lowest BCUT2D eigenvalue weighted by Gasteiger charge is -2.43. The Balaban J connectivity index is 1.61. The number of nitrogens with zero attached hydrogens (tertiary/aromatic N) is 1. The molecule has 4 rings (SSSR count). The van der Waals surface area contributed by atoms with Crippen LogP contribution in [0.2, 0.25) is 0 Å². The van der Waals surface area contributed by atoms with Crippen LogP contribution in [-0.4, -0.2) is 41.1 Å². The molecule has 0 aromatic carbocycles. The number of rotatable bonds is 2. The van der Waals surface area contributed by atoms with Gasteiger partial charge in [0, 0.05) is 6.54 Å². The second-order valence-corrected chi connectivity index (χ2v) is 6.35. The first kappa shape index (κ1) is 15.2. The van der Waals surface area contributed by atoms with E-state index in [1.807, 2.05) is 4.90 Å². The minimum atomic E-state index is -0.382. The van der Waals surface area contributed by atoms with E-state index >= 15 is 0 Å². The molecule has 1 aliphatic carbocycles. The van der Waals surface area contributed by atoms with Crippen molar-refractivity contribution >= 4 is 5.91 Å². The zero-order valence-corrected chi connectivity index (χ0v) is 13.4. The SMILES string of the molecule is O=C(c1ccc(-c2ccco2)[nH]c1=O)N1CCO[C@H]2CCCC[C@@H]21. The molecule has 2 atom stereocenters. The molecule has 3 heterocycles. The van der Waals surface area contributed by atoms with Crippen molar-refractivity contribution in [1.82, 2.24) is 9.88 Å². The second-order valence-electron chi connectivity index (χ2n) is 6.35. The van der Waals surface area contributed by atoms with E-state index in [9.17, 15) is 9.59 Å². The van der Waals surface area contributed by atoms with Gasteiger partial charge in [-0.2, -0.15) is 0 Å². The van der Waals surface area contributed by atoms with Gasteiger partial charge in [-0.3, -0.25) is 9.59 Å². The van der Waals surface area contributed by atoms with E-state index in [4.69, 9.17) is 9.15 Å². The number of amides is 1. The Kier molecular flexibility index (Phi) is 3.98. The molecule has 1 aliphatic heterocycles. The minimum Gasteiger partial charge on any atom is -0.463 e. The second kappa shape index (κ2) is 6.28. The number of nitrogens with one attached hydrogen (secondary N) is 1. The van der Waals surface area contributed by atoms with Gasteiger partial charge in [0.25, 0.3) is 11.5 Å². The summed E-state index contributed by atoms with van der Waals surface area (Å²) >= 11 is 0. The average molecular weight is 328 g/mol. The fourth-order valence-corrected chi connectivity index (χ4v) is 3.72. The molecule has 1 saturated carbocycles. The van der Waals surface area contributed by atoms with Crippen molar-refractivity contribution in [2.24, 2.45) is 0 Å². The third kappa shape index (κ3) is 2.67. The summed E-state index contributed by atoms with van der Waals surface area (Å²) < 4.78 is 11.1. The molecular formula is C18H20N2O4. The lowest BCUT2D eigenvalue weighted by molar-refractivity contribution is -0.0753. The molecule has 0 radical (unpaired) electrons. The van der Waals surface area contributed by atoms with Gasteiger partial charge in [0.2, 0.25) is 0 Å². The predicted octanol–water partition coefficient (Wildman–Crippen LogP) is 2.42. The first-order valence-electron chi connectivity index (χ1n) is 8.44. The number of furan rings is 1. The number of aromatic amines is 1. The van der Waals surface area contributed by atoms with Gasteiger partial charge in [-0.1, -0.05) is 12.8 Å². The van der Waals surface area contributed by atoms with Crippen molar-refractivity contribution in [3.8, 4) is 11.5 Å². The van der Waals surface area contributed by atoms with Crippen LogP contribution < -0.4 is 5.56 Å². The molecule has 0 unspecified atom stereocenters. The molecule has 2 aromatic rings. The first-order valence-corrected chi connectivity index (χ1v) is 8.44. The molecular weight excluding hydrogens is 308 g/mol. The van der Waals surface area contributed by atoms with Crippen LogP contribution in [0, 0.1) is 0 Å². The molecule has 6 heteroatoms. The van der Waals surface area contributed by atoms with E-state index in [0.717, 1.165) is 25.7 Å². The van der Waals surface area contributed by atoms with Crippen LogP contribution in [0.25, 0.3) is 11.5 Å². The van der Waals surface area contributed by atoms with Gasteiger partial charge >= 0.3 is 0 Å². The Morgan fingerprint density at radius 2 is 2.08 bits per heavy atom. The van der Waals surface area contributed by atoms with Crippen LogP contribution in [0.3, 0.4) is 0 Å². The van der Waals surface area contributed by atoms with E-state index in [1.54, 1.807) is 30.5 Å². The number of hydrogen-bond acceptors (Lipinski definition) is 4. The summed E-state index contributed by atoms with van der Waals surface area (Å²) in [5, 5.41) is 0. The topological polar surface area (TPSA) is 75.5 Å². The summed E-state index contributed by atoms with van der Waals surface area (Å²) in [6.45, 7) is 1.08. The Morgan fingerprint density at radius 1 is 1.21 bits per heavy atom. The molecule has 1 amide bonds. The van der Waals surface area contributed by atoms with E-state index in [1.165, 1.54) is 0 Å². The zero-order chi connectivity index (χ0) is 16.5. The van der Waals surface area contributed by atoms with Gasteiger partial charge in [-0.25, -0.2) is 0 Å². The van der Waals surface area contributed by atoms with E-state index in [2.05, 4.69) is 4.98 Å². The monoisotopic (exact) mass is 328 g/mol. The first-order chi connectivity index (χ1) is 11.7. The van der Waals surface area contributed by atoms with E-state index in [-0.39, 0.29) is 29.2 Å². The summed E-state index contributed by atoms with van der Waals surface area (Å²) in [5.74, 6) is 0.368. The highest BCUT2D eigenvalue weighted by molar-refractivity contribution is 5.94. The quantitative estimate of drug-likeness (QED) is 0.918. The summed E-state index contributed by atoms with van der Waals surface area (Å²) in [6.07, 6.45) is 5.83. The highest BCUT2D eigenvalue weighted by atomic mass is 16.5. The Hall–Kier alpha value is -2.34. The van der Waals surface area contributed by atoms with Gasteiger partial charge in [-0.15, -0.1) is 0 Å². The maximum absolute atomic E-state index is 12.9. The normalized spacial score (nSPS) is 23.8. The standard InChI is InChI=1S/C18H20N2O4/c21-17-12(7-8-13(19-17)15-6-3-10-23-15)18(22)20-9-11-24-16-5-2-1-4-14(16)20/h3,6-8,10,14,16H,1-2,4-5,9,11H2,(H,19,21)/t14-,16-/m0/s1. The number of fused-ring (bicyclic) bond motifs is 1. The molecule has 24 heavy (non-hydrogen) atoms. The molecule has 1 N–H and O–H groups in total. The number of morpholine rings is 1. The van der Waals surface area contributed by atoms with Crippen LogP contribution in [0.15, 0.2) is 39.7 Å². The van der Waals surface area contributed by atoms with Gasteiger partial charge in [-0.05, 0) is 37.1 Å². The van der Waals surface area contributed by atoms with E-state index in [0.29, 0.717) is 24.6 Å². The third-order valence-corrected chi connectivity index (χ3v) is 4.92. The summed E-state index contributed by atoms with van der Waals surface area (Å²) in [6, 6.07) is 6.91. The molecule has 126 valence electrons. The summed E-state index contributed by atoms with van der Waals surface area (Å²) in [4.78, 5) is 29.9. The summed E-state index contributed by atoms with van der Waals surface area (Å²) in [7, 11) is 0. The Bertz CT molecular complexity index is 779. The molecule has 0 spiro atoms. The molecule has 6 nitrogen and oxygen atoms in total. The predicted molar refractivity (Wildman–Crippen MR) is 87.8 cm³/mol. The maximum atomic E-state index is 12.9. The number of H-pyrrole nitrogens is 1. The minimum absolute atomic E-state index is 0.0872. The molecule has 1 saturated heterocycles. The van der Waals surface area contributed by atoms with Crippen LogP contribution in [-0.2, 0) is 4.74 Å². The maximum Gasteiger partial charge on any atom is 0.261 e. The number of carbonyl (C=O) groups excluding carboxylic acids is 1. The number of pyridine rings is 1. The molecule has 2 aliphatic rings. The van der Waals surface area contributed by atoms with Crippen LogP contribution in [0.1, 0.15) is 36.0 Å². The molecule has 2 aromatic heterocycles. The Labute approximate surface area is 139 Å². The highest BCUT2D eigenvalue weighted by Crippen LogP contribution is 2.29. The zero-order valence-electron chi connectivity index (χ0n) is 13.4. The highest BCUT2D eigenvalue weighted by Gasteiger charge is 2.37. The van der Waals surface area contributed by atoms with Gasteiger partial charge in [0.05, 0.1) is 30.7 Å². The van der Waals surface area contributed by atoms with Crippen molar-refractivity contribution in [3.63, 3.8) is 0 Å². The lowest BCUT2D eigenvalue weighted by Crippen LogP contribution is -2.55. The Morgan fingerprint density at radius 3 is 2.88 bits per heavy atom. The third-order valence-electron chi connectivity index (χ3n) is 4.92. The van der Waals surface area contributed by atoms with E-state index < -0.39 is 0 Å². The van der Waals surface area contributed by atoms with Gasteiger partial charge < -0.3 is 19.0 Å². The van der Waals surface area contributed by atoms with Crippen LogP contribution in [0.5, 0.6) is 0 Å². The average Bonchev–Trinajstić information content (AvgIpc) is 3.15. The largest absolute Gasteiger partial charge is 0.463 e. The van der Waals surface area contributed by atoms with Crippen LogP contribution in [0.4, 0.5) is 0 Å².